The molecule has 3 aromatic heterocycles. The highest BCUT2D eigenvalue weighted by molar-refractivity contribution is 6.03. The van der Waals surface area contributed by atoms with Gasteiger partial charge in [-0.3, -0.25) is 4.79 Å². The van der Waals surface area contributed by atoms with Crippen molar-refractivity contribution in [1.29, 1.82) is 0 Å². The first-order valence-electron chi connectivity index (χ1n) is 9.97. The van der Waals surface area contributed by atoms with Gasteiger partial charge in [-0.2, -0.15) is 4.52 Å². The zero-order chi connectivity index (χ0) is 19.8. The average Bonchev–Trinajstić information content (AvgIpc) is 3.49. The minimum Gasteiger partial charge on any atom is -0.391 e. The van der Waals surface area contributed by atoms with Crippen LogP contribution < -0.4 is 15.1 Å². The van der Waals surface area contributed by atoms with Gasteiger partial charge in [0.2, 0.25) is 0 Å². The van der Waals surface area contributed by atoms with Crippen LogP contribution in [0.15, 0.2) is 36.7 Å². The highest BCUT2D eigenvalue weighted by Crippen LogP contribution is 2.21. The van der Waals surface area contributed by atoms with E-state index in [0.717, 1.165) is 37.7 Å². The molecule has 2 fully saturated rings. The minimum absolute atomic E-state index is 0.263. The first-order valence-corrected chi connectivity index (χ1v) is 9.97. The molecule has 0 saturated carbocycles. The molecule has 0 aromatic carbocycles. The largest absolute Gasteiger partial charge is 0.391 e. The second-order valence-corrected chi connectivity index (χ2v) is 7.55. The van der Waals surface area contributed by atoms with Gasteiger partial charge >= 0.3 is 0 Å². The van der Waals surface area contributed by atoms with Crippen LogP contribution in [0, 0.1) is 0 Å². The molecule has 0 bridgehead atoms. The number of rotatable bonds is 4. The summed E-state index contributed by atoms with van der Waals surface area (Å²) in [7, 11) is 0. The summed E-state index contributed by atoms with van der Waals surface area (Å²) >= 11 is 0. The zero-order valence-electron chi connectivity index (χ0n) is 16.0. The Morgan fingerprint density at radius 2 is 1.83 bits per heavy atom. The number of hydrogen-bond acceptors (Lipinski definition) is 7. The number of nitrogens with zero attached hydrogens (tertiary/aromatic N) is 6. The molecule has 1 amide bonds. The highest BCUT2D eigenvalue weighted by atomic mass is 16.3. The molecule has 5 rings (SSSR count). The Labute approximate surface area is 168 Å². The van der Waals surface area contributed by atoms with Crippen molar-refractivity contribution in [2.45, 2.75) is 25.4 Å². The topological polar surface area (TPSA) is 98.9 Å². The Morgan fingerprint density at radius 1 is 1.00 bits per heavy atom. The van der Waals surface area contributed by atoms with Crippen LogP contribution in [0.2, 0.25) is 0 Å². The van der Waals surface area contributed by atoms with Gasteiger partial charge in [-0.05, 0) is 43.5 Å². The number of β-amino-alcohol motifs (C(OH)–C–C–N with tert-alkyl or cyclic N) is 1. The SMILES string of the molecule is O=C(Nc1cnc2ccc(N3CCCC3)nn12)c1ccc(N2CCC(O)C2)nc1. The summed E-state index contributed by atoms with van der Waals surface area (Å²) in [5, 5.41) is 17.2. The smallest absolute Gasteiger partial charge is 0.258 e. The number of aromatic nitrogens is 4. The van der Waals surface area contributed by atoms with Crippen LogP contribution in [0.1, 0.15) is 29.6 Å². The third-order valence-electron chi connectivity index (χ3n) is 5.52. The van der Waals surface area contributed by atoms with Crippen molar-refractivity contribution in [3.63, 3.8) is 0 Å². The number of aliphatic hydroxyl groups excluding tert-OH is 1. The van der Waals surface area contributed by atoms with Crippen LogP contribution in [-0.2, 0) is 0 Å². The predicted molar refractivity (Wildman–Crippen MR) is 109 cm³/mol. The van der Waals surface area contributed by atoms with Crippen LogP contribution in [-0.4, -0.2) is 62.9 Å². The fraction of sp³-hybridized carbons (Fsp3) is 0.400. The Morgan fingerprint density at radius 3 is 2.55 bits per heavy atom. The number of hydrogen-bond donors (Lipinski definition) is 2. The van der Waals surface area contributed by atoms with E-state index in [1.807, 2.05) is 23.1 Å². The fourth-order valence-electron chi connectivity index (χ4n) is 3.91. The number of imidazole rings is 1. The van der Waals surface area contributed by atoms with Crippen molar-refractivity contribution >= 4 is 29.0 Å². The summed E-state index contributed by atoms with van der Waals surface area (Å²) in [6.07, 6.45) is 5.94. The highest BCUT2D eigenvalue weighted by Gasteiger charge is 2.21. The van der Waals surface area contributed by atoms with Crippen LogP contribution in [0.4, 0.5) is 17.5 Å². The number of fused-ring (bicyclic) bond motifs is 1. The van der Waals surface area contributed by atoms with E-state index in [2.05, 4.69) is 25.3 Å². The molecule has 2 saturated heterocycles. The lowest BCUT2D eigenvalue weighted by atomic mass is 10.2. The molecule has 3 aromatic rings. The van der Waals surface area contributed by atoms with Crippen molar-refractivity contribution in [1.82, 2.24) is 19.6 Å². The van der Waals surface area contributed by atoms with E-state index in [0.29, 0.717) is 23.6 Å². The van der Waals surface area contributed by atoms with Gasteiger partial charge in [-0.15, -0.1) is 5.10 Å². The molecule has 9 heteroatoms. The van der Waals surface area contributed by atoms with E-state index in [-0.39, 0.29) is 12.0 Å². The maximum Gasteiger partial charge on any atom is 0.258 e. The van der Waals surface area contributed by atoms with Crippen molar-refractivity contribution < 1.29 is 9.90 Å². The number of amides is 1. The quantitative estimate of drug-likeness (QED) is 0.694. The number of anilines is 3. The maximum atomic E-state index is 12.7. The van der Waals surface area contributed by atoms with Gasteiger partial charge in [-0.1, -0.05) is 0 Å². The maximum absolute atomic E-state index is 12.7. The van der Waals surface area contributed by atoms with Gasteiger partial charge in [-0.25, -0.2) is 9.97 Å². The Kier molecular flexibility index (Phi) is 4.51. The normalized spacial score (nSPS) is 19.3. The molecule has 1 atom stereocenters. The second kappa shape index (κ2) is 7.32. The van der Waals surface area contributed by atoms with Gasteiger partial charge in [0.1, 0.15) is 11.6 Å². The monoisotopic (exact) mass is 393 g/mol. The summed E-state index contributed by atoms with van der Waals surface area (Å²) in [6.45, 7) is 3.35. The molecule has 0 radical (unpaired) electrons. The number of carbonyl (C=O) groups is 1. The Hall–Kier alpha value is -3.20. The van der Waals surface area contributed by atoms with E-state index in [9.17, 15) is 9.90 Å². The molecule has 150 valence electrons. The molecule has 1 unspecified atom stereocenters. The first-order chi connectivity index (χ1) is 14.2. The molecule has 5 heterocycles. The second-order valence-electron chi connectivity index (χ2n) is 7.55. The van der Waals surface area contributed by atoms with Gasteiger partial charge < -0.3 is 20.2 Å². The van der Waals surface area contributed by atoms with Crippen LogP contribution in [0.3, 0.4) is 0 Å². The number of nitrogens with one attached hydrogen (secondary N) is 1. The van der Waals surface area contributed by atoms with E-state index in [1.54, 1.807) is 23.0 Å². The van der Waals surface area contributed by atoms with E-state index >= 15 is 0 Å². The fourth-order valence-corrected chi connectivity index (χ4v) is 3.91. The van der Waals surface area contributed by atoms with Gasteiger partial charge in [0, 0.05) is 32.4 Å². The molecular formula is C20H23N7O2. The lowest BCUT2D eigenvalue weighted by Crippen LogP contribution is -2.22. The molecule has 2 N–H and O–H groups in total. The standard InChI is InChI=1S/C20H23N7O2/c28-15-7-10-26(13-15)16-4-3-14(11-21-16)20(29)23-19-12-22-17-5-6-18(24-27(17)19)25-8-1-2-9-25/h3-6,11-12,15,28H,1-2,7-10,13H2,(H,23,29). The molecule has 0 spiro atoms. The van der Waals surface area contributed by atoms with Crippen molar-refractivity contribution in [2.75, 3.05) is 41.3 Å². The first kappa shape index (κ1) is 17.9. The Bertz CT molecular complexity index is 1030. The molecular weight excluding hydrogens is 370 g/mol. The van der Waals surface area contributed by atoms with Crippen molar-refractivity contribution in [3.05, 3.63) is 42.2 Å². The summed E-state index contributed by atoms with van der Waals surface area (Å²) in [5.74, 6) is 1.92. The van der Waals surface area contributed by atoms with Gasteiger partial charge in [0.05, 0.1) is 17.9 Å². The number of carbonyl (C=O) groups excluding carboxylic acids is 1. The van der Waals surface area contributed by atoms with Crippen LogP contribution >= 0.6 is 0 Å². The van der Waals surface area contributed by atoms with E-state index in [1.165, 1.54) is 12.8 Å². The molecule has 29 heavy (non-hydrogen) atoms. The minimum atomic E-state index is -0.312. The molecule has 2 aliphatic rings. The van der Waals surface area contributed by atoms with Gasteiger partial charge in [0.25, 0.3) is 5.91 Å². The molecule has 0 aliphatic carbocycles. The van der Waals surface area contributed by atoms with Crippen molar-refractivity contribution in [3.8, 4) is 0 Å². The third-order valence-corrected chi connectivity index (χ3v) is 5.52. The van der Waals surface area contributed by atoms with Gasteiger partial charge in [0.15, 0.2) is 11.5 Å². The third kappa shape index (κ3) is 3.49. The number of aliphatic hydroxyl groups is 1. The van der Waals surface area contributed by atoms with Crippen LogP contribution in [0.25, 0.3) is 5.65 Å². The average molecular weight is 393 g/mol. The summed E-state index contributed by atoms with van der Waals surface area (Å²) in [5.41, 5.74) is 1.14. The summed E-state index contributed by atoms with van der Waals surface area (Å²) in [6, 6.07) is 7.44. The lowest BCUT2D eigenvalue weighted by molar-refractivity contribution is 0.102. The zero-order valence-corrected chi connectivity index (χ0v) is 16.0. The van der Waals surface area contributed by atoms with Crippen molar-refractivity contribution in [2.24, 2.45) is 0 Å². The lowest BCUT2D eigenvalue weighted by Gasteiger charge is -2.17. The molecule has 2 aliphatic heterocycles. The number of pyridine rings is 1. The molecule has 9 nitrogen and oxygen atoms in total. The van der Waals surface area contributed by atoms with Crippen LogP contribution in [0.5, 0.6) is 0 Å². The van der Waals surface area contributed by atoms with E-state index in [4.69, 9.17) is 0 Å². The summed E-state index contributed by atoms with van der Waals surface area (Å²) in [4.78, 5) is 25.7. The van der Waals surface area contributed by atoms with E-state index < -0.39 is 0 Å². The Balaban J connectivity index is 1.33. The summed E-state index contributed by atoms with van der Waals surface area (Å²) < 4.78 is 1.67. The predicted octanol–water partition coefficient (Wildman–Crippen LogP) is 1.55.